The lowest BCUT2D eigenvalue weighted by atomic mass is 10.1. The first-order valence-corrected chi connectivity index (χ1v) is 13.5. The molecule has 0 saturated carbocycles. The molecule has 5 heterocycles. The molecule has 0 aromatic carbocycles. The highest BCUT2D eigenvalue weighted by Crippen LogP contribution is 2.30. The Balaban J connectivity index is 1.27. The Morgan fingerprint density at radius 1 is 1.16 bits per heavy atom. The zero-order chi connectivity index (χ0) is 26.6. The van der Waals surface area contributed by atoms with Gasteiger partial charge in [0.15, 0.2) is 0 Å². The SMILES string of the molecule is CC(=O)N1[C@H](C)CN(c2cccc(-c3c[nH]c4ncc(NC(=O)CCCN5CCOCC5)cc34)n2)C[C@@H]1C. The highest BCUT2D eigenvalue weighted by Gasteiger charge is 2.31. The highest BCUT2D eigenvalue weighted by atomic mass is 16.5. The number of hydrogen-bond acceptors (Lipinski definition) is 7. The van der Waals surface area contributed by atoms with Crippen LogP contribution in [0.5, 0.6) is 0 Å². The summed E-state index contributed by atoms with van der Waals surface area (Å²) in [6, 6.07) is 8.19. The molecule has 2 saturated heterocycles. The number of amides is 2. The topological polar surface area (TPSA) is 107 Å². The third-order valence-electron chi connectivity index (χ3n) is 7.41. The molecule has 5 rings (SSSR count). The first-order valence-electron chi connectivity index (χ1n) is 13.5. The summed E-state index contributed by atoms with van der Waals surface area (Å²) >= 11 is 0. The zero-order valence-electron chi connectivity index (χ0n) is 22.4. The number of anilines is 2. The van der Waals surface area contributed by atoms with Crippen LogP contribution in [0.1, 0.15) is 33.6 Å². The van der Waals surface area contributed by atoms with E-state index in [0.717, 1.165) is 80.5 Å². The molecular formula is C28H37N7O3. The maximum atomic E-state index is 12.6. The third-order valence-corrected chi connectivity index (χ3v) is 7.41. The van der Waals surface area contributed by atoms with Crippen molar-refractivity contribution in [2.75, 3.05) is 56.2 Å². The average Bonchev–Trinajstić information content (AvgIpc) is 3.32. The average molecular weight is 520 g/mol. The van der Waals surface area contributed by atoms with Crippen LogP contribution in [0.25, 0.3) is 22.3 Å². The van der Waals surface area contributed by atoms with Crippen LogP contribution in [0, 0.1) is 0 Å². The van der Waals surface area contributed by atoms with Gasteiger partial charge in [0, 0.05) is 68.8 Å². The van der Waals surface area contributed by atoms with Gasteiger partial charge in [0.1, 0.15) is 11.5 Å². The van der Waals surface area contributed by atoms with Gasteiger partial charge in [-0.05, 0) is 45.0 Å². The number of rotatable bonds is 7. The van der Waals surface area contributed by atoms with E-state index in [9.17, 15) is 9.59 Å². The predicted molar refractivity (Wildman–Crippen MR) is 148 cm³/mol. The molecule has 202 valence electrons. The summed E-state index contributed by atoms with van der Waals surface area (Å²) in [4.78, 5) is 43.9. The van der Waals surface area contributed by atoms with E-state index < -0.39 is 0 Å². The summed E-state index contributed by atoms with van der Waals surface area (Å²) in [5, 5.41) is 3.91. The second-order valence-corrected chi connectivity index (χ2v) is 10.3. The van der Waals surface area contributed by atoms with Crippen LogP contribution < -0.4 is 10.2 Å². The number of morpholine rings is 1. The second kappa shape index (κ2) is 11.5. The van der Waals surface area contributed by atoms with E-state index in [1.807, 2.05) is 35.4 Å². The molecule has 0 unspecified atom stereocenters. The number of pyridine rings is 2. The molecule has 0 bridgehead atoms. The number of fused-ring (bicyclic) bond motifs is 1. The number of carbonyl (C=O) groups excluding carboxylic acids is 2. The van der Waals surface area contributed by atoms with Crippen LogP contribution in [0.4, 0.5) is 11.5 Å². The van der Waals surface area contributed by atoms with E-state index in [0.29, 0.717) is 12.1 Å². The minimum Gasteiger partial charge on any atom is -0.379 e. The molecule has 0 radical (unpaired) electrons. The van der Waals surface area contributed by atoms with Crippen LogP contribution in [-0.2, 0) is 14.3 Å². The van der Waals surface area contributed by atoms with E-state index in [2.05, 4.69) is 38.9 Å². The van der Waals surface area contributed by atoms with Gasteiger partial charge in [-0.3, -0.25) is 14.5 Å². The lowest BCUT2D eigenvalue weighted by Crippen LogP contribution is -2.58. The third kappa shape index (κ3) is 5.81. The molecule has 0 spiro atoms. The molecule has 2 amide bonds. The maximum absolute atomic E-state index is 12.6. The van der Waals surface area contributed by atoms with Gasteiger partial charge in [-0.25, -0.2) is 9.97 Å². The Bertz CT molecular complexity index is 1270. The van der Waals surface area contributed by atoms with Crippen molar-refractivity contribution in [2.24, 2.45) is 0 Å². The number of carbonyl (C=O) groups is 2. The standard InChI is InChI=1S/C28H37N7O3/c1-19-17-34(18-20(2)35(19)21(3)36)26-7-4-6-25(32-26)24-16-30-28-23(24)14-22(15-29-28)31-27(37)8-5-9-33-10-12-38-13-11-33/h4,6-7,14-16,19-20H,5,8-13,17-18H2,1-3H3,(H,29,30)(H,31,37)/t19-,20+. The molecule has 2 aliphatic heterocycles. The van der Waals surface area contributed by atoms with E-state index in [4.69, 9.17) is 9.72 Å². The first-order chi connectivity index (χ1) is 18.4. The first kappa shape index (κ1) is 26.1. The predicted octanol–water partition coefficient (Wildman–Crippen LogP) is 3.12. The normalized spacial score (nSPS) is 20.6. The number of hydrogen-bond donors (Lipinski definition) is 2. The maximum Gasteiger partial charge on any atom is 0.224 e. The van der Waals surface area contributed by atoms with Gasteiger partial charge in [-0.2, -0.15) is 0 Å². The van der Waals surface area contributed by atoms with Crippen molar-refractivity contribution in [1.29, 1.82) is 0 Å². The summed E-state index contributed by atoms with van der Waals surface area (Å²) in [5.41, 5.74) is 3.18. The van der Waals surface area contributed by atoms with Gasteiger partial charge in [0.25, 0.3) is 0 Å². The molecule has 10 nitrogen and oxygen atoms in total. The van der Waals surface area contributed by atoms with Crippen molar-refractivity contribution in [2.45, 2.75) is 45.7 Å². The second-order valence-electron chi connectivity index (χ2n) is 10.3. The van der Waals surface area contributed by atoms with Gasteiger partial charge in [0.05, 0.1) is 30.8 Å². The van der Waals surface area contributed by atoms with Crippen LogP contribution in [-0.4, -0.2) is 94.6 Å². The van der Waals surface area contributed by atoms with Gasteiger partial charge < -0.3 is 24.8 Å². The van der Waals surface area contributed by atoms with Crippen LogP contribution in [0.15, 0.2) is 36.7 Å². The van der Waals surface area contributed by atoms with Crippen molar-refractivity contribution in [3.8, 4) is 11.3 Å². The quantitative estimate of drug-likeness (QED) is 0.494. The van der Waals surface area contributed by atoms with Gasteiger partial charge >= 0.3 is 0 Å². The highest BCUT2D eigenvalue weighted by molar-refractivity contribution is 5.97. The molecule has 2 N–H and O–H groups in total. The number of aromatic amines is 1. The van der Waals surface area contributed by atoms with Crippen molar-refractivity contribution in [3.05, 3.63) is 36.7 Å². The van der Waals surface area contributed by atoms with Crippen LogP contribution >= 0.6 is 0 Å². The van der Waals surface area contributed by atoms with E-state index in [-0.39, 0.29) is 23.9 Å². The Hall–Kier alpha value is -3.50. The minimum atomic E-state index is -0.00967. The Morgan fingerprint density at radius 2 is 1.92 bits per heavy atom. The van der Waals surface area contributed by atoms with Crippen molar-refractivity contribution in [1.82, 2.24) is 24.8 Å². The van der Waals surface area contributed by atoms with E-state index >= 15 is 0 Å². The largest absolute Gasteiger partial charge is 0.379 e. The molecule has 3 aromatic rings. The van der Waals surface area contributed by atoms with Gasteiger partial charge in [0.2, 0.25) is 11.8 Å². The number of nitrogens with one attached hydrogen (secondary N) is 2. The fourth-order valence-corrected chi connectivity index (χ4v) is 5.68. The zero-order valence-corrected chi connectivity index (χ0v) is 22.4. The molecule has 0 aliphatic carbocycles. The number of ether oxygens (including phenoxy) is 1. The fourth-order valence-electron chi connectivity index (χ4n) is 5.68. The van der Waals surface area contributed by atoms with Gasteiger partial charge in [-0.15, -0.1) is 0 Å². The molecule has 3 aromatic heterocycles. The Morgan fingerprint density at radius 3 is 2.66 bits per heavy atom. The Kier molecular flexibility index (Phi) is 7.90. The summed E-state index contributed by atoms with van der Waals surface area (Å²) in [6.45, 7) is 11.6. The van der Waals surface area contributed by atoms with Crippen LogP contribution in [0.2, 0.25) is 0 Å². The van der Waals surface area contributed by atoms with Gasteiger partial charge in [-0.1, -0.05) is 6.07 Å². The number of H-pyrrole nitrogens is 1. The molecule has 2 aliphatic rings. The molecule has 38 heavy (non-hydrogen) atoms. The number of piperazine rings is 1. The lowest BCUT2D eigenvalue weighted by Gasteiger charge is -2.44. The monoisotopic (exact) mass is 519 g/mol. The molecule has 2 fully saturated rings. The molecular weight excluding hydrogens is 482 g/mol. The smallest absolute Gasteiger partial charge is 0.224 e. The van der Waals surface area contributed by atoms with E-state index in [1.54, 1.807) is 13.1 Å². The Labute approximate surface area is 223 Å². The summed E-state index contributed by atoms with van der Waals surface area (Å²) in [5.74, 6) is 0.985. The van der Waals surface area contributed by atoms with Crippen molar-refractivity contribution >= 4 is 34.4 Å². The summed E-state index contributed by atoms with van der Waals surface area (Å²) in [7, 11) is 0. The molecule has 2 atom stereocenters. The van der Waals surface area contributed by atoms with Crippen molar-refractivity contribution < 1.29 is 14.3 Å². The minimum absolute atomic E-state index is 0.00967. The van der Waals surface area contributed by atoms with E-state index in [1.165, 1.54) is 0 Å². The summed E-state index contributed by atoms with van der Waals surface area (Å²) < 4.78 is 5.38. The number of aromatic nitrogens is 3. The molecule has 10 heteroatoms. The summed E-state index contributed by atoms with van der Waals surface area (Å²) in [6.07, 6.45) is 4.87. The van der Waals surface area contributed by atoms with Crippen LogP contribution in [0.3, 0.4) is 0 Å². The number of nitrogens with zero attached hydrogens (tertiary/aromatic N) is 5. The van der Waals surface area contributed by atoms with Crippen molar-refractivity contribution in [3.63, 3.8) is 0 Å². The fraction of sp³-hybridized carbons (Fsp3) is 0.500. The lowest BCUT2D eigenvalue weighted by molar-refractivity contribution is -0.133.